The van der Waals surface area contributed by atoms with E-state index in [0.717, 1.165) is 16.8 Å². The van der Waals surface area contributed by atoms with E-state index in [1.807, 2.05) is 73.5 Å². The first-order valence-corrected chi connectivity index (χ1v) is 14.0. The molecule has 0 saturated heterocycles. The Hall–Kier alpha value is -3.46. The third-order valence-corrected chi connectivity index (χ3v) is 7.88. The van der Waals surface area contributed by atoms with Gasteiger partial charge in [0.05, 0.1) is 27.5 Å². The molecule has 0 fully saturated rings. The summed E-state index contributed by atoms with van der Waals surface area (Å²) in [5.74, 6) is 0.540. The number of carbonyl (C=O) groups excluding carboxylic acids is 1. The molecule has 8 nitrogen and oxygen atoms in total. The first-order chi connectivity index (χ1) is 19.2. The number of benzene rings is 2. The first-order valence-electron chi connectivity index (χ1n) is 13.3. The van der Waals surface area contributed by atoms with E-state index >= 15 is 0 Å². The predicted molar refractivity (Wildman–Crippen MR) is 157 cm³/mol. The van der Waals surface area contributed by atoms with Gasteiger partial charge in [-0.3, -0.25) is 14.7 Å². The maximum absolute atomic E-state index is 13.8. The molecule has 0 spiro atoms. The van der Waals surface area contributed by atoms with Gasteiger partial charge in [-0.15, -0.1) is 5.10 Å². The highest BCUT2D eigenvalue weighted by Gasteiger charge is 2.34. The van der Waals surface area contributed by atoms with Crippen LogP contribution in [0.4, 0.5) is 0 Å². The van der Waals surface area contributed by atoms with Gasteiger partial charge < -0.3 is 9.64 Å². The van der Waals surface area contributed by atoms with Crippen LogP contribution in [0.15, 0.2) is 67.1 Å². The van der Waals surface area contributed by atoms with Crippen LogP contribution in [0, 0.1) is 5.92 Å². The molecule has 2 atom stereocenters. The number of nitrogens with zero attached hydrogens (tertiary/aromatic N) is 6. The standard InChI is InChI=1S/C30H32Cl2N6O2/c1-19(2)37-15-20(3)28(18-36(4)16-21-8-9-25(31)26(32)14-21)40-29-23(6-5-7-24(29)30(37)39)27-17-38(35-34-27)22-10-12-33-13-11-22/h5-14,17,19-20,28H,15-16,18H2,1-4H3/t20-,28+/m0/s1. The summed E-state index contributed by atoms with van der Waals surface area (Å²) < 4.78 is 8.46. The molecule has 1 aliphatic rings. The molecular weight excluding hydrogens is 547 g/mol. The number of rotatable bonds is 7. The zero-order chi connectivity index (χ0) is 28.4. The second kappa shape index (κ2) is 12.0. The zero-order valence-corrected chi connectivity index (χ0v) is 24.5. The molecule has 208 valence electrons. The number of hydrogen-bond acceptors (Lipinski definition) is 6. The highest BCUT2D eigenvalue weighted by molar-refractivity contribution is 6.42. The molecule has 2 aromatic heterocycles. The number of carbonyl (C=O) groups is 1. The van der Waals surface area contributed by atoms with E-state index in [1.165, 1.54) is 0 Å². The molecule has 0 aliphatic carbocycles. The van der Waals surface area contributed by atoms with Crippen molar-refractivity contribution in [1.29, 1.82) is 0 Å². The molecule has 1 amide bonds. The molecule has 40 heavy (non-hydrogen) atoms. The quantitative estimate of drug-likeness (QED) is 0.267. The maximum Gasteiger partial charge on any atom is 0.257 e. The smallest absolute Gasteiger partial charge is 0.257 e. The monoisotopic (exact) mass is 578 g/mol. The maximum atomic E-state index is 13.8. The molecular formula is C30H32Cl2N6O2. The molecule has 0 unspecified atom stereocenters. The van der Waals surface area contributed by atoms with Gasteiger partial charge in [-0.1, -0.05) is 47.5 Å². The van der Waals surface area contributed by atoms with Crippen molar-refractivity contribution < 1.29 is 9.53 Å². The Labute approximate surface area is 244 Å². The normalized spacial score (nSPS) is 17.5. The predicted octanol–water partition coefficient (Wildman–Crippen LogP) is 6.02. The molecule has 4 aromatic rings. The SMILES string of the molecule is CC(C)N1C[C@H](C)[C@@H](CN(C)Cc2ccc(Cl)c(Cl)c2)Oc2c(cccc2-c2cn(-c3ccncc3)nn2)C1=O. The van der Waals surface area contributed by atoms with E-state index in [2.05, 4.69) is 34.2 Å². The number of aromatic nitrogens is 4. The van der Waals surface area contributed by atoms with E-state index in [-0.39, 0.29) is 24.0 Å². The van der Waals surface area contributed by atoms with Gasteiger partial charge in [0.2, 0.25) is 0 Å². The van der Waals surface area contributed by atoms with Crippen molar-refractivity contribution in [3.05, 3.63) is 88.3 Å². The van der Waals surface area contributed by atoms with Crippen LogP contribution in [-0.4, -0.2) is 68.0 Å². The van der Waals surface area contributed by atoms with Crippen LogP contribution in [0.3, 0.4) is 0 Å². The molecule has 0 N–H and O–H groups in total. The van der Waals surface area contributed by atoms with Crippen molar-refractivity contribution in [2.24, 2.45) is 5.92 Å². The van der Waals surface area contributed by atoms with Crippen LogP contribution in [-0.2, 0) is 6.54 Å². The number of ether oxygens (including phenoxy) is 1. The van der Waals surface area contributed by atoms with Crippen LogP contribution in [0.1, 0.15) is 36.7 Å². The van der Waals surface area contributed by atoms with Gasteiger partial charge in [0.25, 0.3) is 5.91 Å². The molecule has 0 bridgehead atoms. The van der Waals surface area contributed by atoms with Crippen LogP contribution in [0.5, 0.6) is 5.75 Å². The second-order valence-electron chi connectivity index (χ2n) is 10.6. The van der Waals surface area contributed by atoms with E-state index in [0.29, 0.717) is 46.7 Å². The Kier molecular flexibility index (Phi) is 8.40. The van der Waals surface area contributed by atoms with Crippen molar-refractivity contribution in [1.82, 2.24) is 29.8 Å². The zero-order valence-electron chi connectivity index (χ0n) is 23.0. The highest BCUT2D eigenvalue weighted by Crippen LogP contribution is 2.37. The van der Waals surface area contributed by atoms with Crippen molar-refractivity contribution in [2.75, 3.05) is 20.1 Å². The lowest BCUT2D eigenvalue weighted by atomic mass is 9.97. The van der Waals surface area contributed by atoms with Crippen LogP contribution in [0.25, 0.3) is 16.9 Å². The Morgan fingerprint density at radius 3 is 2.55 bits per heavy atom. The number of para-hydroxylation sites is 1. The van der Waals surface area contributed by atoms with Gasteiger partial charge in [0.1, 0.15) is 17.5 Å². The van der Waals surface area contributed by atoms with E-state index in [1.54, 1.807) is 17.1 Å². The topological polar surface area (TPSA) is 76.4 Å². The highest BCUT2D eigenvalue weighted by atomic mass is 35.5. The van der Waals surface area contributed by atoms with Gasteiger partial charge in [-0.2, -0.15) is 0 Å². The fourth-order valence-electron chi connectivity index (χ4n) is 4.96. The van der Waals surface area contributed by atoms with Gasteiger partial charge in [-0.05, 0) is 62.9 Å². The lowest BCUT2D eigenvalue weighted by molar-refractivity contribution is 0.0433. The van der Waals surface area contributed by atoms with Crippen LogP contribution >= 0.6 is 23.2 Å². The fourth-order valence-corrected chi connectivity index (χ4v) is 5.28. The molecule has 0 saturated carbocycles. The number of amides is 1. The lowest BCUT2D eigenvalue weighted by Crippen LogP contribution is -2.48. The number of hydrogen-bond donors (Lipinski definition) is 0. The Bertz CT molecular complexity index is 1490. The third-order valence-electron chi connectivity index (χ3n) is 7.14. The summed E-state index contributed by atoms with van der Waals surface area (Å²) >= 11 is 12.4. The molecule has 1 aliphatic heterocycles. The number of pyridine rings is 1. The van der Waals surface area contributed by atoms with Gasteiger partial charge in [-0.25, -0.2) is 4.68 Å². The minimum absolute atomic E-state index is 0.0340. The van der Waals surface area contributed by atoms with Gasteiger partial charge in [0, 0.05) is 49.6 Å². The summed E-state index contributed by atoms with van der Waals surface area (Å²) in [5.41, 5.74) is 3.76. The Balaban J connectivity index is 1.50. The van der Waals surface area contributed by atoms with Crippen LogP contribution in [0.2, 0.25) is 10.0 Å². The third kappa shape index (κ3) is 5.99. The summed E-state index contributed by atoms with van der Waals surface area (Å²) in [6, 6.07) is 15.1. The first kappa shape index (κ1) is 28.1. The number of fused-ring (bicyclic) bond motifs is 1. The van der Waals surface area contributed by atoms with E-state index < -0.39 is 0 Å². The lowest BCUT2D eigenvalue weighted by Gasteiger charge is -2.38. The second-order valence-corrected chi connectivity index (χ2v) is 11.4. The number of likely N-dealkylation sites (N-methyl/N-ethyl adjacent to an activating group) is 1. The summed E-state index contributed by atoms with van der Waals surface area (Å²) in [6.45, 7) is 8.12. The van der Waals surface area contributed by atoms with E-state index in [9.17, 15) is 4.79 Å². The molecule has 10 heteroatoms. The fraction of sp³-hybridized carbons (Fsp3) is 0.333. The minimum atomic E-state index is -0.197. The van der Waals surface area contributed by atoms with Crippen molar-refractivity contribution in [3.8, 4) is 22.7 Å². The average molecular weight is 580 g/mol. The van der Waals surface area contributed by atoms with Crippen molar-refractivity contribution in [3.63, 3.8) is 0 Å². The number of halogens is 2. The van der Waals surface area contributed by atoms with Crippen molar-refractivity contribution in [2.45, 2.75) is 39.5 Å². The largest absolute Gasteiger partial charge is 0.487 e. The van der Waals surface area contributed by atoms with Crippen molar-refractivity contribution >= 4 is 29.1 Å². The Morgan fingerprint density at radius 1 is 1.07 bits per heavy atom. The molecule has 3 heterocycles. The van der Waals surface area contributed by atoms with Gasteiger partial charge >= 0.3 is 0 Å². The summed E-state index contributed by atoms with van der Waals surface area (Å²) in [5, 5.41) is 9.82. The summed E-state index contributed by atoms with van der Waals surface area (Å²) in [4.78, 5) is 22.0. The summed E-state index contributed by atoms with van der Waals surface area (Å²) in [7, 11) is 2.05. The Morgan fingerprint density at radius 2 is 1.82 bits per heavy atom. The average Bonchev–Trinajstić information content (AvgIpc) is 3.43. The molecule has 5 rings (SSSR count). The van der Waals surface area contributed by atoms with Crippen LogP contribution < -0.4 is 4.74 Å². The van der Waals surface area contributed by atoms with Gasteiger partial charge in [0.15, 0.2) is 0 Å². The minimum Gasteiger partial charge on any atom is -0.487 e. The molecule has 0 radical (unpaired) electrons. The summed E-state index contributed by atoms with van der Waals surface area (Å²) in [6.07, 6.45) is 5.05. The van der Waals surface area contributed by atoms with E-state index in [4.69, 9.17) is 27.9 Å². The molecule has 2 aromatic carbocycles.